The van der Waals surface area contributed by atoms with Gasteiger partial charge in [-0.1, -0.05) is 18.2 Å². The molecule has 0 unspecified atom stereocenters. The molecular weight excluding hydrogens is 202 g/mol. The van der Waals surface area contributed by atoms with E-state index >= 15 is 0 Å². The minimum atomic E-state index is 0.0568. The minimum Gasteiger partial charge on any atom is -0.504 e. The van der Waals surface area contributed by atoms with Gasteiger partial charge in [0.15, 0.2) is 11.5 Å². The average Bonchev–Trinajstić information content (AvgIpc) is 2.25. The number of nitrogen functional groups attached to an aromatic ring is 1. The van der Waals surface area contributed by atoms with E-state index in [-0.39, 0.29) is 5.75 Å². The second-order valence-electron chi connectivity index (χ2n) is 3.62. The number of ether oxygens (including phenoxy) is 1. The number of hydrogen-bond donors (Lipinski definition) is 2. The van der Waals surface area contributed by atoms with E-state index in [2.05, 4.69) is 0 Å². The molecule has 3 nitrogen and oxygen atoms in total. The van der Waals surface area contributed by atoms with Crippen LogP contribution in [0.15, 0.2) is 42.5 Å². The predicted molar refractivity (Wildman–Crippen MR) is 63.8 cm³/mol. The van der Waals surface area contributed by atoms with Gasteiger partial charge in [-0.2, -0.15) is 0 Å². The van der Waals surface area contributed by atoms with E-state index in [1.165, 1.54) is 0 Å². The van der Waals surface area contributed by atoms with Crippen LogP contribution in [0.4, 0.5) is 5.69 Å². The molecule has 0 amide bonds. The van der Waals surface area contributed by atoms with Crippen molar-refractivity contribution in [3.05, 3.63) is 48.0 Å². The monoisotopic (exact) mass is 215 g/mol. The number of anilines is 1. The normalized spacial score (nSPS) is 10.1. The zero-order valence-corrected chi connectivity index (χ0v) is 8.97. The summed E-state index contributed by atoms with van der Waals surface area (Å²) in [5.41, 5.74) is 7.12. The number of aryl methyl sites for hydroxylation is 1. The molecule has 3 heteroatoms. The molecule has 0 aliphatic heterocycles. The lowest BCUT2D eigenvalue weighted by molar-refractivity contribution is 0.412. The average molecular weight is 215 g/mol. The van der Waals surface area contributed by atoms with Crippen LogP contribution < -0.4 is 10.5 Å². The Balaban J connectivity index is 2.35. The molecule has 2 rings (SSSR count). The van der Waals surface area contributed by atoms with Gasteiger partial charge in [-0.25, -0.2) is 0 Å². The number of nitrogens with two attached hydrogens (primary N) is 1. The van der Waals surface area contributed by atoms with Crippen molar-refractivity contribution in [2.24, 2.45) is 0 Å². The fraction of sp³-hybridized carbons (Fsp3) is 0.0769. The van der Waals surface area contributed by atoms with E-state index in [4.69, 9.17) is 10.5 Å². The largest absolute Gasteiger partial charge is 0.504 e. The Morgan fingerprint density at radius 2 is 1.81 bits per heavy atom. The summed E-state index contributed by atoms with van der Waals surface area (Å²) in [5.74, 6) is 1.01. The first kappa shape index (κ1) is 10.4. The van der Waals surface area contributed by atoms with Gasteiger partial charge in [-0.05, 0) is 36.8 Å². The highest BCUT2D eigenvalue weighted by molar-refractivity contribution is 5.62. The van der Waals surface area contributed by atoms with Crippen LogP contribution in [0.1, 0.15) is 5.56 Å². The van der Waals surface area contributed by atoms with Gasteiger partial charge in [0.25, 0.3) is 0 Å². The maximum Gasteiger partial charge on any atom is 0.191 e. The molecule has 16 heavy (non-hydrogen) atoms. The maximum absolute atomic E-state index is 9.73. The fourth-order valence-electron chi connectivity index (χ4n) is 1.50. The Bertz CT molecular complexity index is 472. The fourth-order valence-corrected chi connectivity index (χ4v) is 1.50. The SMILES string of the molecule is Cc1cc(N)c(Oc2ccccc2)c(O)c1. The van der Waals surface area contributed by atoms with Gasteiger partial charge in [-0.3, -0.25) is 0 Å². The second-order valence-corrected chi connectivity index (χ2v) is 3.62. The van der Waals surface area contributed by atoms with Gasteiger partial charge in [0, 0.05) is 0 Å². The molecule has 0 heterocycles. The number of rotatable bonds is 2. The van der Waals surface area contributed by atoms with Gasteiger partial charge >= 0.3 is 0 Å². The molecule has 0 saturated carbocycles. The van der Waals surface area contributed by atoms with Crippen LogP contribution in [0.5, 0.6) is 17.2 Å². The number of phenols is 1. The summed E-state index contributed by atoms with van der Waals surface area (Å²) >= 11 is 0. The summed E-state index contributed by atoms with van der Waals surface area (Å²) in [7, 11) is 0. The highest BCUT2D eigenvalue weighted by Gasteiger charge is 2.08. The quantitative estimate of drug-likeness (QED) is 0.757. The van der Waals surface area contributed by atoms with Crippen LogP contribution in [0.3, 0.4) is 0 Å². The molecule has 0 saturated heterocycles. The lowest BCUT2D eigenvalue weighted by Crippen LogP contribution is -1.93. The van der Waals surface area contributed by atoms with E-state index in [0.29, 0.717) is 17.2 Å². The molecule has 0 atom stereocenters. The number of para-hydroxylation sites is 1. The first-order valence-electron chi connectivity index (χ1n) is 4.99. The third-order valence-corrected chi connectivity index (χ3v) is 2.21. The molecule has 0 bridgehead atoms. The van der Waals surface area contributed by atoms with Gasteiger partial charge in [0.1, 0.15) is 5.75 Å². The van der Waals surface area contributed by atoms with Crippen LogP contribution in [-0.4, -0.2) is 5.11 Å². The molecule has 0 fully saturated rings. The van der Waals surface area contributed by atoms with E-state index < -0.39 is 0 Å². The first-order valence-corrected chi connectivity index (χ1v) is 4.99. The molecule has 0 radical (unpaired) electrons. The molecule has 0 aliphatic carbocycles. The Morgan fingerprint density at radius 1 is 1.12 bits per heavy atom. The summed E-state index contributed by atoms with van der Waals surface area (Å²) < 4.78 is 5.52. The molecule has 3 N–H and O–H groups in total. The molecular formula is C13H13NO2. The van der Waals surface area contributed by atoms with E-state index in [9.17, 15) is 5.11 Å². The van der Waals surface area contributed by atoms with Gasteiger partial charge < -0.3 is 15.6 Å². The Morgan fingerprint density at radius 3 is 2.44 bits per heavy atom. The minimum absolute atomic E-state index is 0.0568. The van der Waals surface area contributed by atoms with Gasteiger partial charge in [0.2, 0.25) is 0 Å². The molecule has 0 aliphatic rings. The number of hydrogen-bond acceptors (Lipinski definition) is 3. The van der Waals surface area contributed by atoms with Crippen molar-refractivity contribution in [1.82, 2.24) is 0 Å². The van der Waals surface area contributed by atoms with E-state index in [1.54, 1.807) is 24.3 Å². The van der Waals surface area contributed by atoms with Gasteiger partial charge in [-0.15, -0.1) is 0 Å². The molecule has 2 aromatic rings. The third kappa shape index (κ3) is 2.08. The summed E-state index contributed by atoms with van der Waals surface area (Å²) in [4.78, 5) is 0. The Labute approximate surface area is 94.1 Å². The lowest BCUT2D eigenvalue weighted by atomic mass is 10.2. The standard InChI is InChI=1S/C13H13NO2/c1-9-7-11(14)13(12(15)8-9)16-10-5-3-2-4-6-10/h2-8,15H,14H2,1H3. The van der Waals surface area contributed by atoms with Crippen molar-refractivity contribution < 1.29 is 9.84 Å². The zero-order valence-electron chi connectivity index (χ0n) is 8.97. The number of aromatic hydroxyl groups is 1. The smallest absolute Gasteiger partial charge is 0.191 e. The van der Waals surface area contributed by atoms with Crippen molar-refractivity contribution in [1.29, 1.82) is 0 Å². The number of phenolic OH excluding ortho intramolecular Hbond substituents is 1. The van der Waals surface area contributed by atoms with Crippen LogP contribution >= 0.6 is 0 Å². The van der Waals surface area contributed by atoms with Crippen LogP contribution in [0, 0.1) is 6.92 Å². The van der Waals surface area contributed by atoms with E-state index in [1.807, 2.05) is 25.1 Å². The molecule has 0 aromatic heterocycles. The molecule has 82 valence electrons. The summed E-state index contributed by atoms with van der Waals surface area (Å²) in [6, 6.07) is 12.6. The predicted octanol–water partition coefficient (Wildman–Crippen LogP) is 3.08. The second kappa shape index (κ2) is 4.14. The summed E-state index contributed by atoms with van der Waals surface area (Å²) in [5, 5.41) is 9.73. The van der Waals surface area contributed by atoms with Crippen LogP contribution in [0.25, 0.3) is 0 Å². The van der Waals surface area contributed by atoms with Crippen molar-refractivity contribution in [3.63, 3.8) is 0 Å². The topological polar surface area (TPSA) is 55.5 Å². The number of benzene rings is 2. The summed E-state index contributed by atoms with van der Waals surface area (Å²) in [6.07, 6.45) is 0. The third-order valence-electron chi connectivity index (χ3n) is 2.21. The summed E-state index contributed by atoms with van der Waals surface area (Å²) in [6.45, 7) is 1.86. The zero-order chi connectivity index (χ0) is 11.5. The van der Waals surface area contributed by atoms with Crippen molar-refractivity contribution in [2.45, 2.75) is 6.92 Å². The first-order chi connectivity index (χ1) is 7.66. The van der Waals surface area contributed by atoms with Crippen molar-refractivity contribution >= 4 is 5.69 Å². The molecule has 2 aromatic carbocycles. The highest BCUT2D eigenvalue weighted by atomic mass is 16.5. The maximum atomic E-state index is 9.73. The lowest BCUT2D eigenvalue weighted by Gasteiger charge is -2.10. The Hall–Kier alpha value is -2.16. The van der Waals surface area contributed by atoms with Crippen molar-refractivity contribution in [2.75, 3.05) is 5.73 Å². The van der Waals surface area contributed by atoms with E-state index in [0.717, 1.165) is 5.56 Å². The highest BCUT2D eigenvalue weighted by Crippen LogP contribution is 2.36. The van der Waals surface area contributed by atoms with Gasteiger partial charge in [0.05, 0.1) is 5.69 Å². The molecule has 0 spiro atoms. The van der Waals surface area contributed by atoms with Crippen LogP contribution in [-0.2, 0) is 0 Å². The van der Waals surface area contributed by atoms with Crippen LogP contribution in [0.2, 0.25) is 0 Å². The van der Waals surface area contributed by atoms with Crippen molar-refractivity contribution in [3.8, 4) is 17.2 Å². The Kier molecular flexibility index (Phi) is 2.68.